The Balaban J connectivity index is 1.87. The summed E-state index contributed by atoms with van der Waals surface area (Å²) < 4.78 is 11.0. The Morgan fingerprint density at radius 3 is 2.62 bits per heavy atom. The fourth-order valence-corrected chi connectivity index (χ4v) is 2.08. The molecule has 16 heavy (non-hydrogen) atoms. The maximum atomic E-state index is 5.66. The SMILES string of the molecule is CCCOCCOC(C)CNC1CCCC1. The largest absolute Gasteiger partial charge is 0.379 e. The normalized spacial score (nSPS) is 19.1. The Morgan fingerprint density at radius 1 is 1.19 bits per heavy atom. The predicted molar refractivity (Wildman–Crippen MR) is 66.8 cm³/mol. The minimum absolute atomic E-state index is 0.297. The molecular formula is C13H27NO2. The summed E-state index contributed by atoms with van der Waals surface area (Å²) >= 11 is 0. The Bertz CT molecular complexity index is 158. The van der Waals surface area contributed by atoms with Crippen LogP contribution in [0.3, 0.4) is 0 Å². The Kier molecular flexibility index (Phi) is 7.81. The van der Waals surface area contributed by atoms with E-state index >= 15 is 0 Å². The molecule has 0 saturated heterocycles. The van der Waals surface area contributed by atoms with Crippen LogP contribution < -0.4 is 5.32 Å². The molecule has 0 radical (unpaired) electrons. The summed E-state index contributed by atoms with van der Waals surface area (Å²) in [5, 5.41) is 3.57. The summed E-state index contributed by atoms with van der Waals surface area (Å²) in [6, 6.07) is 0.738. The van der Waals surface area contributed by atoms with Crippen LogP contribution in [0.25, 0.3) is 0 Å². The molecule has 0 spiro atoms. The molecule has 3 nitrogen and oxygen atoms in total. The molecule has 0 heterocycles. The lowest BCUT2D eigenvalue weighted by Gasteiger charge is -2.17. The molecule has 1 aliphatic rings. The van der Waals surface area contributed by atoms with Crippen LogP contribution in [0, 0.1) is 0 Å². The van der Waals surface area contributed by atoms with Crippen LogP contribution in [-0.4, -0.2) is 38.5 Å². The maximum absolute atomic E-state index is 5.66. The van der Waals surface area contributed by atoms with Gasteiger partial charge in [0.1, 0.15) is 0 Å². The highest BCUT2D eigenvalue weighted by Gasteiger charge is 2.14. The molecule has 1 rings (SSSR count). The van der Waals surface area contributed by atoms with Crippen molar-refractivity contribution in [2.24, 2.45) is 0 Å². The molecular weight excluding hydrogens is 202 g/mol. The number of nitrogens with one attached hydrogen (secondary N) is 1. The van der Waals surface area contributed by atoms with E-state index in [0.29, 0.717) is 12.7 Å². The first-order valence-electron chi connectivity index (χ1n) is 6.75. The van der Waals surface area contributed by atoms with Crippen molar-refractivity contribution in [3.8, 4) is 0 Å². The molecule has 0 aromatic carbocycles. The van der Waals surface area contributed by atoms with Crippen molar-refractivity contribution in [2.45, 2.75) is 58.1 Å². The summed E-state index contributed by atoms with van der Waals surface area (Å²) in [5.41, 5.74) is 0. The number of ether oxygens (including phenoxy) is 2. The molecule has 0 aromatic rings. The van der Waals surface area contributed by atoms with Gasteiger partial charge in [0.15, 0.2) is 0 Å². The summed E-state index contributed by atoms with van der Waals surface area (Å²) in [6.45, 7) is 7.50. The lowest BCUT2D eigenvalue weighted by atomic mass is 10.2. The third-order valence-electron chi connectivity index (χ3n) is 3.03. The van der Waals surface area contributed by atoms with Gasteiger partial charge < -0.3 is 14.8 Å². The van der Waals surface area contributed by atoms with Crippen LogP contribution in [0.15, 0.2) is 0 Å². The van der Waals surface area contributed by atoms with Crippen molar-refractivity contribution in [1.29, 1.82) is 0 Å². The maximum Gasteiger partial charge on any atom is 0.0704 e. The lowest BCUT2D eigenvalue weighted by Crippen LogP contribution is -2.34. The van der Waals surface area contributed by atoms with Gasteiger partial charge in [-0.25, -0.2) is 0 Å². The highest BCUT2D eigenvalue weighted by atomic mass is 16.5. The fourth-order valence-electron chi connectivity index (χ4n) is 2.08. The van der Waals surface area contributed by atoms with Gasteiger partial charge in [0, 0.05) is 19.2 Å². The van der Waals surface area contributed by atoms with Crippen molar-refractivity contribution in [3.05, 3.63) is 0 Å². The van der Waals surface area contributed by atoms with E-state index in [0.717, 1.165) is 32.2 Å². The standard InChI is InChI=1S/C13H27NO2/c1-3-8-15-9-10-16-12(2)11-14-13-6-4-5-7-13/h12-14H,3-11H2,1-2H3. The predicted octanol–water partition coefficient (Wildman–Crippen LogP) is 2.35. The number of rotatable bonds is 9. The minimum Gasteiger partial charge on any atom is -0.379 e. The summed E-state index contributed by atoms with van der Waals surface area (Å²) in [4.78, 5) is 0. The highest BCUT2D eigenvalue weighted by Crippen LogP contribution is 2.17. The quantitative estimate of drug-likeness (QED) is 0.616. The van der Waals surface area contributed by atoms with Crippen molar-refractivity contribution in [1.82, 2.24) is 5.32 Å². The van der Waals surface area contributed by atoms with E-state index in [4.69, 9.17) is 9.47 Å². The van der Waals surface area contributed by atoms with Crippen LogP contribution in [-0.2, 0) is 9.47 Å². The fraction of sp³-hybridized carbons (Fsp3) is 1.00. The molecule has 1 aliphatic carbocycles. The topological polar surface area (TPSA) is 30.5 Å². The Morgan fingerprint density at radius 2 is 1.94 bits per heavy atom. The number of hydrogen-bond donors (Lipinski definition) is 1. The summed E-state index contributed by atoms with van der Waals surface area (Å²) in [5.74, 6) is 0. The van der Waals surface area contributed by atoms with E-state index in [1.165, 1.54) is 25.7 Å². The van der Waals surface area contributed by atoms with Gasteiger partial charge in [-0.2, -0.15) is 0 Å². The van der Waals surface area contributed by atoms with Gasteiger partial charge in [0.25, 0.3) is 0 Å². The van der Waals surface area contributed by atoms with Crippen LogP contribution in [0.5, 0.6) is 0 Å². The molecule has 1 N–H and O–H groups in total. The van der Waals surface area contributed by atoms with Gasteiger partial charge in [-0.15, -0.1) is 0 Å². The average Bonchev–Trinajstić information content (AvgIpc) is 2.79. The van der Waals surface area contributed by atoms with Crippen molar-refractivity contribution >= 4 is 0 Å². The van der Waals surface area contributed by atoms with Gasteiger partial charge in [0.2, 0.25) is 0 Å². The Hall–Kier alpha value is -0.120. The smallest absolute Gasteiger partial charge is 0.0704 e. The molecule has 0 aromatic heterocycles. The molecule has 96 valence electrons. The van der Waals surface area contributed by atoms with Gasteiger partial charge in [-0.1, -0.05) is 19.8 Å². The van der Waals surface area contributed by atoms with Crippen LogP contribution >= 0.6 is 0 Å². The van der Waals surface area contributed by atoms with E-state index in [-0.39, 0.29) is 0 Å². The van der Waals surface area contributed by atoms with E-state index in [1.54, 1.807) is 0 Å². The molecule has 0 amide bonds. The van der Waals surface area contributed by atoms with Gasteiger partial charge >= 0.3 is 0 Å². The Labute approximate surface area is 99.9 Å². The third-order valence-corrected chi connectivity index (χ3v) is 3.03. The molecule has 3 heteroatoms. The minimum atomic E-state index is 0.297. The van der Waals surface area contributed by atoms with E-state index in [9.17, 15) is 0 Å². The molecule has 0 aliphatic heterocycles. The number of hydrogen-bond acceptors (Lipinski definition) is 3. The zero-order valence-corrected chi connectivity index (χ0v) is 10.8. The van der Waals surface area contributed by atoms with Gasteiger partial charge in [-0.05, 0) is 26.2 Å². The van der Waals surface area contributed by atoms with Crippen LogP contribution in [0.1, 0.15) is 46.0 Å². The third kappa shape index (κ3) is 6.46. The second kappa shape index (κ2) is 8.97. The van der Waals surface area contributed by atoms with E-state index < -0.39 is 0 Å². The van der Waals surface area contributed by atoms with Crippen LogP contribution in [0.2, 0.25) is 0 Å². The lowest BCUT2D eigenvalue weighted by molar-refractivity contribution is 0.0121. The second-order valence-corrected chi connectivity index (χ2v) is 4.68. The monoisotopic (exact) mass is 229 g/mol. The summed E-state index contributed by atoms with van der Waals surface area (Å²) in [7, 11) is 0. The molecule has 1 atom stereocenters. The highest BCUT2D eigenvalue weighted by molar-refractivity contribution is 4.74. The van der Waals surface area contributed by atoms with Gasteiger partial charge in [-0.3, -0.25) is 0 Å². The van der Waals surface area contributed by atoms with E-state index in [2.05, 4.69) is 19.2 Å². The van der Waals surface area contributed by atoms with Crippen molar-refractivity contribution in [2.75, 3.05) is 26.4 Å². The second-order valence-electron chi connectivity index (χ2n) is 4.68. The van der Waals surface area contributed by atoms with Crippen LogP contribution in [0.4, 0.5) is 0 Å². The van der Waals surface area contributed by atoms with E-state index in [1.807, 2.05) is 0 Å². The molecule has 0 bridgehead atoms. The summed E-state index contributed by atoms with van der Waals surface area (Å²) in [6.07, 6.45) is 6.83. The first-order chi connectivity index (χ1) is 7.83. The van der Waals surface area contributed by atoms with Gasteiger partial charge in [0.05, 0.1) is 19.3 Å². The molecule has 1 saturated carbocycles. The van der Waals surface area contributed by atoms with Crippen molar-refractivity contribution in [3.63, 3.8) is 0 Å². The zero-order valence-electron chi connectivity index (χ0n) is 10.8. The molecule has 1 unspecified atom stereocenters. The first-order valence-corrected chi connectivity index (χ1v) is 6.75. The van der Waals surface area contributed by atoms with Crippen molar-refractivity contribution < 1.29 is 9.47 Å². The molecule has 1 fully saturated rings. The zero-order chi connectivity index (χ0) is 11.6. The first kappa shape index (κ1) is 13.9. The average molecular weight is 229 g/mol.